The maximum Gasteiger partial charge on any atom is 0.106 e. The Labute approximate surface area is 112 Å². The molecule has 0 saturated carbocycles. The number of imidazole rings is 1. The molecule has 0 aromatic carbocycles. The average Bonchev–Trinajstić information content (AvgIpc) is 2.87. The second-order valence-corrected chi connectivity index (χ2v) is 4.45. The van der Waals surface area contributed by atoms with Gasteiger partial charge in [0.05, 0.1) is 16.9 Å². The van der Waals surface area contributed by atoms with E-state index in [-0.39, 0.29) is 0 Å². The maximum absolute atomic E-state index is 9.15. The van der Waals surface area contributed by atoms with Crippen LogP contribution in [0.1, 0.15) is 29.2 Å². The Morgan fingerprint density at radius 2 is 2.26 bits per heavy atom. The summed E-state index contributed by atoms with van der Waals surface area (Å²) in [6, 6.07) is 4.12. The van der Waals surface area contributed by atoms with Crippen molar-refractivity contribution in [3.63, 3.8) is 0 Å². The highest BCUT2D eigenvalue weighted by molar-refractivity contribution is 5.59. The number of anilines is 1. The number of nitrogens with one attached hydrogen (secondary N) is 2. The molecule has 2 aromatic rings. The van der Waals surface area contributed by atoms with Gasteiger partial charge in [-0.3, -0.25) is 4.98 Å². The molecular weight excluding hydrogens is 238 g/mol. The van der Waals surface area contributed by atoms with E-state index in [1.165, 1.54) is 0 Å². The second-order valence-electron chi connectivity index (χ2n) is 4.45. The van der Waals surface area contributed by atoms with Crippen molar-refractivity contribution in [3.8, 4) is 6.07 Å². The number of nitrogens with zero attached hydrogens (tertiary/aromatic N) is 3. The van der Waals surface area contributed by atoms with Crippen molar-refractivity contribution >= 4 is 5.69 Å². The van der Waals surface area contributed by atoms with Crippen LogP contribution in [-0.2, 0) is 6.42 Å². The predicted molar refractivity (Wildman–Crippen MR) is 73.8 cm³/mol. The van der Waals surface area contributed by atoms with E-state index in [9.17, 15) is 0 Å². The van der Waals surface area contributed by atoms with Crippen LogP contribution in [0.25, 0.3) is 0 Å². The Balaban J connectivity index is 1.94. The van der Waals surface area contributed by atoms with Gasteiger partial charge in [0.2, 0.25) is 0 Å². The lowest BCUT2D eigenvalue weighted by molar-refractivity contribution is 0.815. The van der Waals surface area contributed by atoms with Crippen molar-refractivity contribution in [2.24, 2.45) is 0 Å². The number of aromatic nitrogens is 3. The van der Waals surface area contributed by atoms with Crippen LogP contribution >= 0.6 is 0 Å². The Morgan fingerprint density at radius 3 is 2.95 bits per heavy atom. The maximum atomic E-state index is 9.15. The van der Waals surface area contributed by atoms with Crippen LogP contribution in [0, 0.1) is 25.2 Å². The van der Waals surface area contributed by atoms with E-state index in [1.807, 2.05) is 26.1 Å². The minimum absolute atomic E-state index is 0.628. The zero-order chi connectivity index (χ0) is 13.7. The summed E-state index contributed by atoms with van der Waals surface area (Å²) in [6.45, 7) is 4.60. The van der Waals surface area contributed by atoms with Gasteiger partial charge < -0.3 is 10.3 Å². The summed E-state index contributed by atoms with van der Waals surface area (Å²) in [7, 11) is 0. The number of hydrogen-bond donors (Lipinski definition) is 2. The van der Waals surface area contributed by atoms with E-state index in [0.29, 0.717) is 5.56 Å². The molecule has 0 fully saturated rings. The number of H-pyrrole nitrogens is 1. The molecule has 19 heavy (non-hydrogen) atoms. The highest BCUT2D eigenvalue weighted by Crippen LogP contribution is 2.18. The lowest BCUT2D eigenvalue weighted by Crippen LogP contribution is -2.07. The molecule has 0 amide bonds. The van der Waals surface area contributed by atoms with Gasteiger partial charge in [-0.15, -0.1) is 0 Å². The Bertz CT molecular complexity index is 581. The molecule has 2 N–H and O–H groups in total. The monoisotopic (exact) mass is 255 g/mol. The zero-order valence-corrected chi connectivity index (χ0v) is 11.2. The molecule has 0 atom stereocenters. The van der Waals surface area contributed by atoms with Gasteiger partial charge in [0, 0.05) is 31.1 Å². The number of aryl methyl sites for hydroxylation is 3. The van der Waals surface area contributed by atoms with E-state index in [4.69, 9.17) is 5.26 Å². The number of nitriles is 1. The average molecular weight is 255 g/mol. The lowest BCUT2D eigenvalue weighted by atomic mass is 10.1. The van der Waals surface area contributed by atoms with Crippen molar-refractivity contribution in [2.75, 3.05) is 11.9 Å². The molecule has 2 heterocycles. The van der Waals surface area contributed by atoms with Gasteiger partial charge in [-0.2, -0.15) is 5.26 Å². The Hall–Kier alpha value is -2.35. The zero-order valence-electron chi connectivity index (χ0n) is 11.2. The number of rotatable bonds is 5. The summed E-state index contributed by atoms with van der Waals surface area (Å²) >= 11 is 0. The molecule has 0 aliphatic rings. The van der Waals surface area contributed by atoms with Crippen molar-refractivity contribution < 1.29 is 0 Å². The summed E-state index contributed by atoms with van der Waals surface area (Å²) in [5, 5.41) is 12.5. The number of pyridine rings is 1. The van der Waals surface area contributed by atoms with Gasteiger partial charge in [0.15, 0.2) is 0 Å². The molecule has 0 aliphatic heterocycles. The van der Waals surface area contributed by atoms with Crippen LogP contribution in [0.2, 0.25) is 0 Å². The topological polar surface area (TPSA) is 77.4 Å². The summed E-state index contributed by atoms with van der Waals surface area (Å²) in [5.41, 5.74) is 3.19. The smallest absolute Gasteiger partial charge is 0.106 e. The van der Waals surface area contributed by atoms with Gasteiger partial charge in [-0.25, -0.2) is 4.98 Å². The summed E-state index contributed by atoms with van der Waals surface area (Å²) in [5.74, 6) is 0.990. The third-order valence-electron chi connectivity index (χ3n) is 2.90. The standard InChI is InChI=1S/C14H17N5/c1-10-8-13(12(9-15)11(2)19-10)16-5-3-4-14-17-6-7-18-14/h6-8H,3-5H2,1-2H3,(H,16,19)(H,17,18). The van der Waals surface area contributed by atoms with Gasteiger partial charge in [0.1, 0.15) is 11.9 Å². The predicted octanol–water partition coefficient (Wildman–Crippen LogP) is 2.34. The van der Waals surface area contributed by atoms with Crippen LogP contribution in [0.4, 0.5) is 5.69 Å². The van der Waals surface area contributed by atoms with Crippen molar-refractivity contribution in [2.45, 2.75) is 26.7 Å². The van der Waals surface area contributed by atoms with Crippen molar-refractivity contribution in [3.05, 3.63) is 41.2 Å². The first-order valence-corrected chi connectivity index (χ1v) is 6.31. The minimum atomic E-state index is 0.628. The number of hydrogen-bond acceptors (Lipinski definition) is 4. The SMILES string of the molecule is Cc1cc(NCCCc2ncc[nH]2)c(C#N)c(C)n1. The van der Waals surface area contributed by atoms with Crippen LogP contribution < -0.4 is 5.32 Å². The first-order valence-electron chi connectivity index (χ1n) is 6.31. The van der Waals surface area contributed by atoms with Crippen molar-refractivity contribution in [1.29, 1.82) is 5.26 Å². The van der Waals surface area contributed by atoms with E-state index in [2.05, 4.69) is 26.3 Å². The highest BCUT2D eigenvalue weighted by Gasteiger charge is 2.07. The summed E-state index contributed by atoms with van der Waals surface area (Å²) in [4.78, 5) is 11.5. The largest absolute Gasteiger partial charge is 0.384 e. The Morgan fingerprint density at radius 1 is 1.42 bits per heavy atom. The van der Waals surface area contributed by atoms with Crippen LogP contribution in [0.15, 0.2) is 18.5 Å². The molecule has 5 heteroatoms. The van der Waals surface area contributed by atoms with Crippen molar-refractivity contribution in [1.82, 2.24) is 15.0 Å². The second kappa shape index (κ2) is 6.01. The molecule has 0 saturated heterocycles. The highest BCUT2D eigenvalue weighted by atomic mass is 14.9. The molecule has 0 aliphatic carbocycles. The van der Waals surface area contributed by atoms with Crippen LogP contribution in [0.5, 0.6) is 0 Å². The van der Waals surface area contributed by atoms with Gasteiger partial charge in [-0.1, -0.05) is 0 Å². The first-order chi connectivity index (χ1) is 9.20. The quantitative estimate of drug-likeness (QED) is 0.804. The van der Waals surface area contributed by atoms with Gasteiger partial charge in [-0.05, 0) is 26.3 Å². The molecule has 98 valence electrons. The van der Waals surface area contributed by atoms with E-state index < -0.39 is 0 Å². The minimum Gasteiger partial charge on any atom is -0.384 e. The molecular formula is C14H17N5. The summed E-state index contributed by atoms with van der Waals surface area (Å²) in [6.07, 6.45) is 5.43. The third kappa shape index (κ3) is 3.32. The first kappa shape index (κ1) is 13.1. The fourth-order valence-corrected chi connectivity index (χ4v) is 2.02. The normalized spacial score (nSPS) is 10.2. The molecule has 2 aromatic heterocycles. The molecule has 0 radical (unpaired) electrons. The van der Waals surface area contributed by atoms with E-state index in [1.54, 1.807) is 6.20 Å². The molecule has 0 bridgehead atoms. The molecule has 2 rings (SSSR count). The van der Waals surface area contributed by atoms with Crippen LogP contribution in [-0.4, -0.2) is 21.5 Å². The fourth-order valence-electron chi connectivity index (χ4n) is 2.02. The molecule has 0 unspecified atom stereocenters. The summed E-state index contributed by atoms with van der Waals surface area (Å²) < 4.78 is 0. The van der Waals surface area contributed by atoms with Crippen LogP contribution in [0.3, 0.4) is 0 Å². The van der Waals surface area contributed by atoms with E-state index >= 15 is 0 Å². The molecule has 5 nitrogen and oxygen atoms in total. The fraction of sp³-hybridized carbons (Fsp3) is 0.357. The number of aromatic amines is 1. The Kier molecular flexibility index (Phi) is 4.14. The lowest BCUT2D eigenvalue weighted by Gasteiger charge is -2.10. The third-order valence-corrected chi connectivity index (χ3v) is 2.90. The van der Waals surface area contributed by atoms with E-state index in [0.717, 1.165) is 42.3 Å². The molecule has 0 spiro atoms. The van der Waals surface area contributed by atoms with Gasteiger partial charge >= 0.3 is 0 Å². The van der Waals surface area contributed by atoms with Gasteiger partial charge in [0.25, 0.3) is 0 Å².